The Morgan fingerprint density at radius 3 is 2.35 bits per heavy atom. The Morgan fingerprint density at radius 2 is 1.74 bits per heavy atom. The highest BCUT2D eigenvalue weighted by Crippen LogP contribution is 2.37. The maximum absolute atomic E-state index is 10.6. The van der Waals surface area contributed by atoms with Gasteiger partial charge in [-0.15, -0.1) is 0 Å². The minimum atomic E-state index is -0.375. The fraction of sp³-hybridized carbons (Fsp3) is 0.700. The van der Waals surface area contributed by atoms with E-state index in [-0.39, 0.29) is 12.0 Å². The molecule has 0 aromatic heterocycles. The van der Waals surface area contributed by atoms with Gasteiger partial charge in [-0.05, 0) is 62.1 Å². The van der Waals surface area contributed by atoms with Crippen molar-refractivity contribution in [3.05, 3.63) is 29.8 Å². The fourth-order valence-electron chi connectivity index (χ4n) is 4.58. The third-order valence-corrected chi connectivity index (χ3v) is 6.15. The first-order valence-electron chi connectivity index (χ1n) is 9.26. The number of likely N-dealkylation sites (tertiary alicyclic amines) is 1. The van der Waals surface area contributed by atoms with Crippen molar-refractivity contribution in [2.24, 2.45) is 11.8 Å². The van der Waals surface area contributed by atoms with Crippen LogP contribution in [-0.4, -0.2) is 40.3 Å². The van der Waals surface area contributed by atoms with Crippen LogP contribution in [0.5, 0.6) is 5.75 Å². The van der Waals surface area contributed by atoms with Crippen LogP contribution >= 0.6 is 0 Å². The number of benzene rings is 1. The van der Waals surface area contributed by atoms with Crippen LogP contribution in [0.15, 0.2) is 24.3 Å². The van der Waals surface area contributed by atoms with E-state index in [0.717, 1.165) is 36.9 Å². The molecule has 1 saturated heterocycles. The van der Waals surface area contributed by atoms with Gasteiger partial charge in [0.25, 0.3) is 0 Å². The van der Waals surface area contributed by atoms with Crippen molar-refractivity contribution in [2.45, 2.75) is 64.0 Å². The van der Waals surface area contributed by atoms with Gasteiger partial charge >= 0.3 is 0 Å². The van der Waals surface area contributed by atoms with Gasteiger partial charge in [0.2, 0.25) is 0 Å². The standard InChI is InChI=1S/C20H31NO2/c1-14(2)15-7-9-16(10-8-15)21-12-11-18(20(23)13-21)17-5-3-4-6-19(17)22/h3-6,14-16,18,20,22-23H,7-13H2,1-2H3. The van der Waals surface area contributed by atoms with E-state index in [1.54, 1.807) is 6.07 Å². The fourth-order valence-corrected chi connectivity index (χ4v) is 4.58. The van der Waals surface area contributed by atoms with Crippen LogP contribution in [0.1, 0.15) is 57.4 Å². The molecule has 1 aromatic carbocycles. The molecular weight excluding hydrogens is 286 g/mol. The van der Waals surface area contributed by atoms with Crippen molar-refractivity contribution in [2.75, 3.05) is 13.1 Å². The number of para-hydroxylation sites is 1. The molecule has 1 aromatic rings. The Labute approximate surface area is 140 Å². The lowest BCUT2D eigenvalue weighted by Gasteiger charge is -2.43. The molecule has 0 amide bonds. The second-order valence-corrected chi connectivity index (χ2v) is 7.83. The summed E-state index contributed by atoms with van der Waals surface area (Å²) in [6.45, 7) is 6.46. The summed E-state index contributed by atoms with van der Waals surface area (Å²) >= 11 is 0. The Hall–Kier alpha value is -1.06. The van der Waals surface area contributed by atoms with Gasteiger partial charge in [0.1, 0.15) is 5.75 Å². The SMILES string of the molecule is CC(C)C1CCC(N2CCC(c3ccccc3O)C(O)C2)CC1. The normalized spacial score (nSPS) is 33.0. The molecule has 2 fully saturated rings. The van der Waals surface area contributed by atoms with E-state index in [1.165, 1.54) is 25.7 Å². The average molecular weight is 317 g/mol. The number of piperidine rings is 1. The third kappa shape index (κ3) is 3.72. The maximum atomic E-state index is 10.6. The van der Waals surface area contributed by atoms with E-state index < -0.39 is 0 Å². The first kappa shape index (κ1) is 16.8. The van der Waals surface area contributed by atoms with Crippen LogP contribution in [0.4, 0.5) is 0 Å². The van der Waals surface area contributed by atoms with Crippen molar-refractivity contribution < 1.29 is 10.2 Å². The molecule has 0 radical (unpaired) electrons. The summed E-state index contributed by atoms with van der Waals surface area (Å²) in [5.74, 6) is 2.07. The quantitative estimate of drug-likeness (QED) is 0.892. The molecule has 3 nitrogen and oxygen atoms in total. The van der Waals surface area contributed by atoms with Crippen LogP contribution in [0.3, 0.4) is 0 Å². The molecule has 23 heavy (non-hydrogen) atoms. The minimum absolute atomic E-state index is 0.0689. The Balaban J connectivity index is 1.58. The summed E-state index contributed by atoms with van der Waals surface area (Å²) in [7, 11) is 0. The summed E-state index contributed by atoms with van der Waals surface area (Å²) < 4.78 is 0. The molecule has 2 aliphatic rings. The first-order chi connectivity index (χ1) is 11.1. The zero-order valence-electron chi connectivity index (χ0n) is 14.5. The van der Waals surface area contributed by atoms with E-state index in [1.807, 2.05) is 18.2 Å². The van der Waals surface area contributed by atoms with Crippen LogP contribution in [-0.2, 0) is 0 Å². The first-order valence-corrected chi connectivity index (χ1v) is 9.26. The number of aliphatic hydroxyl groups excluding tert-OH is 1. The molecule has 1 saturated carbocycles. The number of β-amino-alcohol motifs (C(OH)–C–C–N with tert-alkyl or cyclic N) is 1. The van der Waals surface area contributed by atoms with Gasteiger partial charge < -0.3 is 10.2 Å². The molecule has 3 rings (SSSR count). The van der Waals surface area contributed by atoms with Crippen LogP contribution in [0, 0.1) is 11.8 Å². The summed E-state index contributed by atoms with van der Waals surface area (Å²) in [6, 6.07) is 8.10. The van der Waals surface area contributed by atoms with E-state index >= 15 is 0 Å². The van der Waals surface area contributed by atoms with Gasteiger partial charge in [-0.1, -0.05) is 32.0 Å². The predicted molar refractivity (Wildman–Crippen MR) is 93.6 cm³/mol. The summed E-state index contributed by atoms with van der Waals surface area (Å²) in [4.78, 5) is 2.50. The molecular formula is C20H31NO2. The van der Waals surface area contributed by atoms with E-state index in [2.05, 4.69) is 18.7 Å². The van der Waals surface area contributed by atoms with Gasteiger partial charge in [-0.2, -0.15) is 0 Å². The Bertz CT molecular complexity index is 508. The zero-order valence-corrected chi connectivity index (χ0v) is 14.5. The highest BCUT2D eigenvalue weighted by atomic mass is 16.3. The molecule has 2 unspecified atom stereocenters. The smallest absolute Gasteiger partial charge is 0.119 e. The number of phenolic OH excluding ortho intramolecular Hbond substituents is 1. The minimum Gasteiger partial charge on any atom is -0.508 e. The third-order valence-electron chi connectivity index (χ3n) is 6.15. The molecule has 3 heteroatoms. The lowest BCUT2D eigenvalue weighted by Crippen LogP contribution is -2.48. The second-order valence-electron chi connectivity index (χ2n) is 7.83. The lowest BCUT2D eigenvalue weighted by molar-refractivity contribution is 0.0141. The Kier molecular flexibility index (Phi) is 5.27. The number of nitrogens with zero attached hydrogens (tertiary/aromatic N) is 1. The van der Waals surface area contributed by atoms with Crippen LogP contribution < -0.4 is 0 Å². The van der Waals surface area contributed by atoms with E-state index in [0.29, 0.717) is 11.8 Å². The number of hydrogen-bond acceptors (Lipinski definition) is 3. The van der Waals surface area contributed by atoms with Gasteiger partial charge in [0.15, 0.2) is 0 Å². The zero-order chi connectivity index (χ0) is 16.4. The van der Waals surface area contributed by atoms with Crippen molar-refractivity contribution in [3.8, 4) is 5.75 Å². The van der Waals surface area contributed by atoms with E-state index in [4.69, 9.17) is 0 Å². The van der Waals surface area contributed by atoms with E-state index in [9.17, 15) is 10.2 Å². The molecule has 2 N–H and O–H groups in total. The predicted octanol–water partition coefficient (Wildman–Crippen LogP) is 3.76. The van der Waals surface area contributed by atoms with Crippen molar-refractivity contribution in [3.63, 3.8) is 0 Å². The van der Waals surface area contributed by atoms with Crippen molar-refractivity contribution >= 4 is 0 Å². The van der Waals surface area contributed by atoms with Gasteiger partial charge in [-0.3, -0.25) is 4.90 Å². The maximum Gasteiger partial charge on any atom is 0.119 e. The number of aromatic hydroxyl groups is 1. The second kappa shape index (κ2) is 7.23. The molecule has 1 aliphatic heterocycles. The number of phenols is 1. The van der Waals surface area contributed by atoms with Crippen LogP contribution in [0.25, 0.3) is 0 Å². The summed E-state index contributed by atoms with van der Waals surface area (Å²) in [5.41, 5.74) is 0.906. The van der Waals surface area contributed by atoms with Gasteiger partial charge in [0.05, 0.1) is 6.10 Å². The highest BCUT2D eigenvalue weighted by Gasteiger charge is 2.35. The molecule has 0 bridgehead atoms. The number of aliphatic hydroxyl groups is 1. The molecule has 128 valence electrons. The lowest BCUT2D eigenvalue weighted by atomic mass is 9.78. The molecule has 1 heterocycles. The largest absolute Gasteiger partial charge is 0.508 e. The van der Waals surface area contributed by atoms with Crippen LogP contribution in [0.2, 0.25) is 0 Å². The molecule has 2 atom stereocenters. The van der Waals surface area contributed by atoms with Gasteiger partial charge in [-0.25, -0.2) is 0 Å². The Morgan fingerprint density at radius 1 is 1.04 bits per heavy atom. The average Bonchev–Trinajstić information content (AvgIpc) is 2.56. The van der Waals surface area contributed by atoms with Gasteiger partial charge in [0, 0.05) is 18.5 Å². The highest BCUT2D eigenvalue weighted by molar-refractivity contribution is 5.36. The topological polar surface area (TPSA) is 43.7 Å². The summed E-state index contributed by atoms with van der Waals surface area (Å²) in [5, 5.41) is 20.7. The molecule has 0 spiro atoms. The van der Waals surface area contributed by atoms with Crippen molar-refractivity contribution in [1.82, 2.24) is 4.90 Å². The monoisotopic (exact) mass is 317 g/mol. The number of rotatable bonds is 3. The molecule has 1 aliphatic carbocycles. The summed E-state index contributed by atoms with van der Waals surface area (Å²) in [6.07, 6.45) is 5.77. The van der Waals surface area contributed by atoms with Crippen molar-refractivity contribution in [1.29, 1.82) is 0 Å². The number of hydrogen-bond donors (Lipinski definition) is 2.